The molecule has 0 unspecified atom stereocenters. The van der Waals surface area contributed by atoms with Gasteiger partial charge in [-0.1, -0.05) is 6.08 Å². The number of aliphatic imine (C=N–C) groups is 1. The molecule has 1 aliphatic heterocycles. The number of halogens is 1. The average Bonchev–Trinajstić information content (AvgIpc) is 2.70. The van der Waals surface area contributed by atoms with Crippen LogP contribution in [0.1, 0.15) is 12.0 Å². The van der Waals surface area contributed by atoms with Gasteiger partial charge >= 0.3 is 0 Å². The molecular weight excluding hydrogens is 181 g/mol. The van der Waals surface area contributed by atoms with E-state index in [-0.39, 0.29) is 5.82 Å². The van der Waals surface area contributed by atoms with E-state index in [9.17, 15) is 4.39 Å². The minimum atomic E-state index is -0.285. The molecule has 0 amide bonds. The Hall–Kier alpha value is -1.64. The van der Waals surface area contributed by atoms with Crippen molar-refractivity contribution >= 4 is 5.71 Å². The Kier molecular flexibility index (Phi) is 2.31. The van der Waals surface area contributed by atoms with Crippen molar-refractivity contribution in [3.8, 4) is 5.75 Å². The third-order valence-electron chi connectivity index (χ3n) is 2.13. The molecule has 0 fully saturated rings. The number of methoxy groups -OCH3 is 1. The lowest BCUT2D eigenvalue weighted by molar-refractivity contribution is 0.411. The first-order chi connectivity index (χ1) is 6.81. The maximum absolute atomic E-state index is 13.5. The summed E-state index contributed by atoms with van der Waals surface area (Å²) in [5.41, 5.74) is 1.32. The molecule has 1 aromatic rings. The first-order valence-corrected chi connectivity index (χ1v) is 4.37. The molecule has 0 aromatic heterocycles. The van der Waals surface area contributed by atoms with E-state index in [1.165, 1.54) is 13.2 Å². The van der Waals surface area contributed by atoms with Crippen LogP contribution in [0.3, 0.4) is 0 Å². The molecule has 3 heteroatoms. The van der Waals surface area contributed by atoms with Gasteiger partial charge in [0, 0.05) is 24.3 Å². The largest absolute Gasteiger partial charge is 0.497 e. The normalized spacial score (nSPS) is 14.3. The van der Waals surface area contributed by atoms with Gasteiger partial charge in [0.05, 0.1) is 12.8 Å². The maximum Gasteiger partial charge on any atom is 0.135 e. The Morgan fingerprint density at radius 1 is 1.43 bits per heavy atom. The Bertz CT molecular complexity index is 410. The highest BCUT2D eigenvalue weighted by molar-refractivity contribution is 6.03. The van der Waals surface area contributed by atoms with E-state index in [1.807, 2.05) is 6.08 Å². The molecule has 0 N–H and O–H groups in total. The van der Waals surface area contributed by atoms with Crippen LogP contribution in [0.4, 0.5) is 4.39 Å². The van der Waals surface area contributed by atoms with E-state index in [1.54, 1.807) is 18.3 Å². The SMILES string of the molecule is COc1ccc(C2=NC=CC2)c(F)c1. The highest BCUT2D eigenvalue weighted by Gasteiger charge is 2.11. The molecule has 0 saturated heterocycles. The van der Waals surface area contributed by atoms with E-state index in [2.05, 4.69) is 4.99 Å². The van der Waals surface area contributed by atoms with Crippen LogP contribution in [0.2, 0.25) is 0 Å². The smallest absolute Gasteiger partial charge is 0.135 e. The molecule has 14 heavy (non-hydrogen) atoms. The topological polar surface area (TPSA) is 21.6 Å². The highest BCUT2D eigenvalue weighted by Crippen LogP contribution is 2.19. The first-order valence-electron chi connectivity index (χ1n) is 4.37. The second kappa shape index (κ2) is 3.62. The number of benzene rings is 1. The summed E-state index contributed by atoms with van der Waals surface area (Å²) in [4.78, 5) is 4.08. The van der Waals surface area contributed by atoms with Crippen LogP contribution in [-0.4, -0.2) is 12.8 Å². The van der Waals surface area contributed by atoms with E-state index < -0.39 is 0 Å². The lowest BCUT2D eigenvalue weighted by Crippen LogP contribution is -2.00. The van der Waals surface area contributed by atoms with E-state index in [0.717, 1.165) is 5.71 Å². The van der Waals surface area contributed by atoms with E-state index >= 15 is 0 Å². The predicted molar refractivity (Wildman–Crippen MR) is 53.2 cm³/mol. The number of ether oxygens (including phenoxy) is 1. The van der Waals surface area contributed by atoms with Crippen LogP contribution in [0.5, 0.6) is 5.75 Å². The molecule has 72 valence electrons. The molecule has 0 aliphatic carbocycles. The van der Waals surface area contributed by atoms with Crippen molar-refractivity contribution in [1.29, 1.82) is 0 Å². The molecule has 0 atom stereocenters. The molecule has 1 heterocycles. The lowest BCUT2D eigenvalue weighted by atomic mass is 10.1. The zero-order chi connectivity index (χ0) is 9.97. The van der Waals surface area contributed by atoms with Crippen molar-refractivity contribution in [3.63, 3.8) is 0 Å². The van der Waals surface area contributed by atoms with Gasteiger partial charge < -0.3 is 4.74 Å². The second-order valence-electron chi connectivity index (χ2n) is 3.01. The molecular formula is C11H10FNO. The number of hydrogen-bond acceptors (Lipinski definition) is 2. The third-order valence-corrected chi connectivity index (χ3v) is 2.13. The van der Waals surface area contributed by atoms with Crippen LogP contribution in [-0.2, 0) is 0 Å². The maximum atomic E-state index is 13.5. The second-order valence-corrected chi connectivity index (χ2v) is 3.01. The monoisotopic (exact) mass is 191 g/mol. The lowest BCUT2D eigenvalue weighted by Gasteiger charge is -2.04. The van der Waals surface area contributed by atoms with Crippen LogP contribution < -0.4 is 4.74 Å². The summed E-state index contributed by atoms with van der Waals surface area (Å²) in [5, 5.41) is 0. The average molecular weight is 191 g/mol. The van der Waals surface area contributed by atoms with Crippen molar-refractivity contribution in [2.75, 3.05) is 7.11 Å². The number of rotatable bonds is 2. The van der Waals surface area contributed by atoms with Crippen LogP contribution in [0.15, 0.2) is 35.5 Å². The third kappa shape index (κ3) is 1.53. The Morgan fingerprint density at radius 3 is 2.86 bits per heavy atom. The summed E-state index contributed by atoms with van der Waals surface area (Å²) in [7, 11) is 1.52. The summed E-state index contributed by atoms with van der Waals surface area (Å²) in [6.45, 7) is 0. The quantitative estimate of drug-likeness (QED) is 0.703. The molecule has 1 aliphatic rings. The molecule has 0 saturated carbocycles. The number of allylic oxidation sites excluding steroid dienone is 1. The van der Waals surface area contributed by atoms with Crippen molar-refractivity contribution in [2.45, 2.75) is 6.42 Å². The zero-order valence-electron chi connectivity index (χ0n) is 7.83. The van der Waals surface area contributed by atoms with Gasteiger partial charge in [-0.15, -0.1) is 0 Å². The fourth-order valence-corrected chi connectivity index (χ4v) is 1.40. The van der Waals surface area contributed by atoms with E-state index in [0.29, 0.717) is 17.7 Å². The van der Waals surface area contributed by atoms with Gasteiger partial charge in [0.2, 0.25) is 0 Å². The summed E-state index contributed by atoms with van der Waals surface area (Å²) in [6, 6.07) is 4.80. The molecule has 2 rings (SSSR count). The van der Waals surface area contributed by atoms with Crippen LogP contribution in [0, 0.1) is 5.82 Å². The number of hydrogen-bond donors (Lipinski definition) is 0. The van der Waals surface area contributed by atoms with Crippen molar-refractivity contribution in [2.24, 2.45) is 4.99 Å². The fourth-order valence-electron chi connectivity index (χ4n) is 1.40. The Labute approximate surface area is 81.7 Å². The van der Waals surface area contributed by atoms with Crippen LogP contribution in [0.25, 0.3) is 0 Å². The Morgan fingerprint density at radius 2 is 2.29 bits per heavy atom. The van der Waals surface area contributed by atoms with Gasteiger partial charge in [0.1, 0.15) is 11.6 Å². The molecule has 0 spiro atoms. The Balaban J connectivity index is 2.35. The summed E-state index contributed by atoms with van der Waals surface area (Å²) in [5.74, 6) is 0.240. The summed E-state index contributed by atoms with van der Waals surface area (Å²) < 4.78 is 18.4. The first kappa shape index (κ1) is 8.94. The zero-order valence-corrected chi connectivity index (χ0v) is 7.83. The minimum Gasteiger partial charge on any atom is -0.497 e. The molecule has 0 radical (unpaired) electrons. The van der Waals surface area contributed by atoms with Crippen molar-refractivity contribution < 1.29 is 9.13 Å². The van der Waals surface area contributed by atoms with Gasteiger partial charge in [-0.25, -0.2) is 4.39 Å². The van der Waals surface area contributed by atoms with Crippen molar-refractivity contribution in [3.05, 3.63) is 41.9 Å². The van der Waals surface area contributed by atoms with Gasteiger partial charge in [-0.3, -0.25) is 4.99 Å². The highest BCUT2D eigenvalue weighted by atomic mass is 19.1. The summed E-state index contributed by atoms with van der Waals surface area (Å²) in [6.07, 6.45) is 4.29. The molecule has 0 bridgehead atoms. The van der Waals surface area contributed by atoms with Crippen LogP contribution >= 0.6 is 0 Å². The van der Waals surface area contributed by atoms with Crippen molar-refractivity contribution in [1.82, 2.24) is 0 Å². The number of nitrogens with zero attached hydrogens (tertiary/aromatic N) is 1. The van der Waals surface area contributed by atoms with Gasteiger partial charge in [-0.2, -0.15) is 0 Å². The summed E-state index contributed by atoms with van der Waals surface area (Å²) >= 11 is 0. The predicted octanol–water partition coefficient (Wildman–Crippen LogP) is 2.54. The minimum absolute atomic E-state index is 0.285. The van der Waals surface area contributed by atoms with Gasteiger partial charge in [0.15, 0.2) is 0 Å². The molecule has 1 aromatic carbocycles. The standard InChI is InChI=1S/C11H10FNO/c1-14-8-4-5-9(10(12)7-8)11-3-2-6-13-11/h2,4-7H,3H2,1H3. The van der Waals surface area contributed by atoms with Gasteiger partial charge in [0.25, 0.3) is 0 Å². The van der Waals surface area contributed by atoms with Gasteiger partial charge in [-0.05, 0) is 12.1 Å². The fraction of sp³-hybridized carbons (Fsp3) is 0.182. The van der Waals surface area contributed by atoms with E-state index in [4.69, 9.17) is 4.74 Å². The molecule has 2 nitrogen and oxygen atoms in total.